The molecule has 2 aliphatic rings. The summed E-state index contributed by atoms with van der Waals surface area (Å²) in [6.45, 7) is 9.38. The summed E-state index contributed by atoms with van der Waals surface area (Å²) in [7, 11) is 0. The van der Waals surface area contributed by atoms with Crippen LogP contribution in [0.3, 0.4) is 0 Å². The Labute approximate surface area is 431 Å². The molecular weight excluding hydrogens is 901 g/mol. The van der Waals surface area contributed by atoms with Gasteiger partial charge in [0.2, 0.25) is 0 Å². The van der Waals surface area contributed by atoms with Crippen molar-refractivity contribution < 1.29 is 8.83 Å². The first-order chi connectivity index (χ1) is 36.4. The molecule has 0 fully saturated rings. The zero-order valence-corrected chi connectivity index (χ0v) is 42.3. The van der Waals surface area contributed by atoms with Crippen LogP contribution in [0.2, 0.25) is 0 Å². The normalized spacial score (nSPS) is 14.7. The van der Waals surface area contributed by atoms with Crippen molar-refractivity contribution in [3.63, 3.8) is 0 Å². The van der Waals surface area contributed by atoms with E-state index in [1.54, 1.807) is 0 Å². The third kappa shape index (κ3) is 7.03. The van der Waals surface area contributed by atoms with Crippen molar-refractivity contribution in [1.82, 2.24) is 0 Å². The Kier molecular flexibility index (Phi) is 10.5. The number of furan rings is 2. The summed E-state index contributed by atoms with van der Waals surface area (Å²) >= 11 is 0. The second-order valence-electron chi connectivity index (χ2n) is 21.0. The number of hydrogen-bond acceptors (Lipinski definition) is 4. The molecule has 74 heavy (non-hydrogen) atoms. The van der Waals surface area contributed by atoms with Crippen molar-refractivity contribution in [1.29, 1.82) is 0 Å². The third-order valence-corrected chi connectivity index (χ3v) is 16.0. The van der Waals surface area contributed by atoms with E-state index in [1.165, 1.54) is 76.7 Å². The van der Waals surface area contributed by atoms with Gasteiger partial charge in [0.1, 0.15) is 11.2 Å². The molecule has 0 bridgehead atoms. The fraction of sp³-hybridized carbons (Fsp3) is 0.143. The topological polar surface area (TPSA) is 32.8 Å². The summed E-state index contributed by atoms with van der Waals surface area (Å²) in [6, 6.07) is 67.2. The lowest BCUT2D eigenvalue weighted by molar-refractivity contribution is 0.566. The van der Waals surface area contributed by atoms with Gasteiger partial charge in [-0.1, -0.05) is 185 Å². The molecule has 358 valence electrons. The highest BCUT2D eigenvalue weighted by Crippen LogP contribution is 2.52. The largest absolute Gasteiger partial charge is 0.454 e. The Balaban J connectivity index is 1.07. The third-order valence-electron chi connectivity index (χ3n) is 16.0. The van der Waals surface area contributed by atoms with Crippen LogP contribution in [0.1, 0.15) is 81.4 Å². The minimum atomic E-state index is 0.233. The Hall–Kier alpha value is -8.60. The molecule has 12 aromatic rings. The van der Waals surface area contributed by atoms with Gasteiger partial charge in [-0.3, -0.25) is 0 Å². The van der Waals surface area contributed by atoms with E-state index >= 15 is 0 Å². The molecule has 2 heterocycles. The SMILES string of the molecule is CC(C)c1cc(N(C2=c3oc4ccccc4c3=CCC2)c2ccc(C3C=CC=CC3)cc2)c2ccc3c(C(C)C)cc(N(c4ccc(-c5ccccc5)cc4)c4cccc5c4oc4ccccc45)c4ccc1c2c34. The second kappa shape index (κ2) is 17.6. The minimum Gasteiger partial charge on any atom is -0.454 e. The van der Waals surface area contributed by atoms with Crippen LogP contribution in [0.4, 0.5) is 28.4 Å². The molecule has 0 spiro atoms. The van der Waals surface area contributed by atoms with Crippen LogP contribution in [0.15, 0.2) is 215 Å². The lowest BCUT2D eigenvalue weighted by atomic mass is 9.84. The molecule has 1 atom stereocenters. The summed E-state index contributed by atoms with van der Waals surface area (Å²) < 4.78 is 13.9. The lowest BCUT2D eigenvalue weighted by Gasteiger charge is -2.32. The minimum absolute atomic E-state index is 0.233. The Morgan fingerprint density at radius 1 is 0.473 bits per heavy atom. The van der Waals surface area contributed by atoms with Crippen LogP contribution in [0.25, 0.3) is 88.1 Å². The number of hydrogen-bond donors (Lipinski definition) is 0. The molecular formula is C70H56N2O2. The van der Waals surface area contributed by atoms with E-state index in [2.05, 4.69) is 250 Å². The van der Waals surface area contributed by atoms with E-state index in [9.17, 15) is 0 Å². The van der Waals surface area contributed by atoms with Gasteiger partial charge in [-0.25, -0.2) is 0 Å². The van der Waals surface area contributed by atoms with E-state index in [1.807, 2.05) is 0 Å². The first-order valence-electron chi connectivity index (χ1n) is 26.5. The number of nitrogens with zero attached hydrogens (tertiary/aromatic N) is 2. The molecule has 0 aliphatic heterocycles. The quantitative estimate of drug-likeness (QED) is 0.128. The monoisotopic (exact) mass is 956 g/mol. The maximum Gasteiger partial charge on any atom is 0.159 e. The summed E-state index contributed by atoms with van der Waals surface area (Å²) in [5.74, 6) is 0.833. The number of rotatable bonds is 10. The van der Waals surface area contributed by atoms with Crippen molar-refractivity contribution >= 4 is 105 Å². The maximum atomic E-state index is 6.96. The predicted octanol–water partition coefficient (Wildman–Crippen LogP) is 18.7. The van der Waals surface area contributed by atoms with Gasteiger partial charge in [0.15, 0.2) is 11.0 Å². The fourth-order valence-electron chi connectivity index (χ4n) is 12.4. The summed E-state index contributed by atoms with van der Waals surface area (Å²) in [5.41, 5.74) is 16.6. The van der Waals surface area contributed by atoms with Crippen molar-refractivity contribution in [3.05, 3.63) is 234 Å². The molecule has 2 aromatic heterocycles. The van der Waals surface area contributed by atoms with Gasteiger partial charge in [0, 0.05) is 49.4 Å². The first kappa shape index (κ1) is 44.1. The molecule has 10 aromatic carbocycles. The van der Waals surface area contributed by atoms with Gasteiger partial charge < -0.3 is 18.6 Å². The first-order valence-corrected chi connectivity index (χ1v) is 26.5. The van der Waals surface area contributed by atoms with Crippen LogP contribution in [0, 0.1) is 0 Å². The second-order valence-corrected chi connectivity index (χ2v) is 21.0. The van der Waals surface area contributed by atoms with Gasteiger partial charge in [-0.15, -0.1) is 0 Å². The van der Waals surface area contributed by atoms with E-state index in [-0.39, 0.29) is 11.8 Å². The Morgan fingerprint density at radius 2 is 1.05 bits per heavy atom. The average Bonchev–Trinajstić information content (AvgIpc) is 4.04. The van der Waals surface area contributed by atoms with Gasteiger partial charge in [-0.2, -0.15) is 0 Å². The number of anilines is 5. The van der Waals surface area contributed by atoms with E-state index in [4.69, 9.17) is 8.83 Å². The summed E-state index contributed by atoms with van der Waals surface area (Å²) in [6.07, 6.45) is 14.1. The molecule has 14 rings (SSSR count). The fourth-order valence-corrected chi connectivity index (χ4v) is 12.4. The number of benzene rings is 10. The van der Waals surface area contributed by atoms with Gasteiger partial charge >= 0.3 is 0 Å². The van der Waals surface area contributed by atoms with Crippen LogP contribution >= 0.6 is 0 Å². The highest BCUT2D eigenvalue weighted by molar-refractivity contribution is 6.30. The maximum absolute atomic E-state index is 6.96. The standard InChI is InChI=1S/C70H56N2O2/c1-43(2)59-41-63(71(49-33-29-47(30-34-49)45-17-7-5-8-18-45)61-25-15-23-55-51-21-11-13-27-65(51)73-69(55)61)57-40-38-54-60(44(3)4)42-64(58-39-37-53(59)67(57)68(54)58)72(50-35-31-48(32-36-50)46-19-9-6-10-20-46)62-26-16-24-56-52-22-12-14-28-66(52)74-70(56)62/h5-15,17-19,21-25,27-44,46H,16,20,26H2,1-4H3. The van der Waals surface area contributed by atoms with Gasteiger partial charge in [-0.05, 0) is 135 Å². The molecule has 4 nitrogen and oxygen atoms in total. The van der Waals surface area contributed by atoms with Crippen molar-refractivity contribution in [2.45, 2.75) is 64.7 Å². The number of fused-ring (bicyclic) bond motifs is 6. The van der Waals surface area contributed by atoms with Crippen LogP contribution in [-0.2, 0) is 0 Å². The van der Waals surface area contributed by atoms with Crippen LogP contribution < -0.4 is 20.4 Å². The van der Waals surface area contributed by atoms with Crippen molar-refractivity contribution in [3.8, 4) is 11.1 Å². The van der Waals surface area contributed by atoms with Crippen LogP contribution in [0.5, 0.6) is 0 Å². The summed E-state index contributed by atoms with van der Waals surface area (Å²) in [5, 5.41) is 12.1. The van der Waals surface area contributed by atoms with Crippen LogP contribution in [-0.4, -0.2) is 0 Å². The van der Waals surface area contributed by atoms with E-state index in [0.29, 0.717) is 5.92 Å². The molecule has 0 N–H and O–H groups in total. The Bertz CT molecular complexity index is 4340. The lowest BCUT2D eigenvalue weighted by Crippen LogP contribution is -2.33. The summed E-state index contributed by atoms with van der Waals surface area (Å²) in [4.78, 5) is 5.02. The molecule has 0 saturated heterocycles. The molecule has 4 heteroatoms. The molecule has 0 amide bonds. The van der Waals surface area contributed by atoms with E-state index in [0.717, 1.165) is 80.3 Å². The van der Waals surface area contributed by atoms with Gasteiger partial charge in [0.05, 0.1) is 22.8 Å². The zero-order chi connectivity index (χ0) is 49.6. The van der Waals surface area contributed by atoms with Crippen molar-refractivity contribution in [2.24, 2.45) is 0 Å². The highest BCUT2D eigenvalue weighted by atomic mass is 16.3. The van der Waals surface area contributed by atoms with Crippen molar-refractivity contribution in [2.75, 3.05) is 9.80 Å². The average molecular weight is 957 g/mol. The highest BCUT2D eigenvalue weighted by Gasteiger charge is 2.29. The number of para-hydroxylation sites is 3. The smallest absolute Gasteiger partial charge is 0.159 e. The van der Waals surface area contributed by atoms with E-state index < -0.39 is 0 Å². The molecule has 2 aliphatic carbocycles. The zero-order valence-electron chi connectivity index (χ0n) is 42.3. The molecule has 0 saturated carbocycles. The Morgan fingerprint density at radius 3 is 1.73 bits per heavy atom. The molecule has 1 unspecified atom stereocenters. The predicted molar refractivity (Wildman–Crippen MR) is 313 cm³/mol. The molecule has 0 radical (unpaired) electrons. The van der Waals surface area contributed by atoms with Gasteiger partial charge in [0.25, 0.3) is 0 Å². The number of allylic oxidation sites excluding steroid dienone is 4.